The SMILES string of the molecule is O=S(=O)(OCC1CCc2ccccc2O1)C(F)(F)F. The summed E-state index contributed by atoms with van der Waals surface area (Å²) in [6.45, 7) is -0.643. The van der Waals surface area contributed by atoms with Gasteiger partial charge in [0.15, 0.2) is 0 Å². The van der Waals surface area contributed by atoms with Gasteiger partial charge in [-0.15, -0.1) is 0 Å². The Morgan fingerprint density at radius 1 is 1.32 bits per heavy atom. The molecule has 0 saturated heterocycles. The summed E-state index contributed by atoms with van der Waals surface area (Å²) in [4.78, 5) is 0. The van der Waals surface area contributed by atoms with Crippen LogP contribution in [0.25, 0.3) is 0 Å². The Hall–Kier alpha value is -1.28. The van der Waals surface area contributed by atoms with E-state index >= 15 is 0 Å². The second-order valence-corrected chi connectivity index (χ2v) is 5.68. The molecule has 0 saturated carbocycles. The fourth-order valence-corrected chi connectivity index (χ4v) is 2.19. The van der Waals surface area contributed by atoms with Crippen molar-refractivity contribution in [3.63, 3.8) is 0 Å². The van der Waals surface area contributed by atoms with Crippen molar-refractivity contribution < 1.29 is 30.5 Å². The number of para-hydroxylation sites is 1. The summed E-state index contributed by atoms with van der Waals surface area (Å²) in [5.74, 6) is 0.548. The average Bonchev–Trinajstić information content (AvgIpc) is 2.35. The molecule has 0 bridgehead atoms. The Morgan fingerprint density at radius 3 is 2.68 bits per heavy atom. The lowest BCUT2D eigenvalue weighted by molar-refractivity contribution is -0.0562. The van der Waals surface area contributed by atoms with Crippen LogP contribution in [0.5, 0.6) is 5.75 Å². The molecule has 0 aromatic heterocycles. The van der Waals surface area contributed by atoms with Gasteiger partial charge >= 0.3 is 15.6 Å². The van der Waals surface area contributed by atoms with Crippen molar-refractivity contribution in [3.8, 4) is 5.75 Å². The molecule has 19 heavy (non-hydrogen) atoms. The number of hydrogen-bond acceptors (Lipinski definition) is 4. The molecule has 2 rings (SSSR count). The molecular weight excluding hydrogens is 285 g/mol. The molecular formula is C11H11F3O4S. The molecule has 8 heteroatoms. The number of rotatable bonds is 3. The highest BCUT2D eigenvalue weighted by Crippen LogP contribution is 2.29. The highest BCUT2D eigenvalue weighted by Gasteiger charge is 2.47. The third-order valence-corrected chi connectivity index (χ3v) is 3.71. The van der Waals surface area contributed by atoms with E-state index in [1.165, 1.54) is 0 Å². The molecule has 1 atom stereocenters. The largest absolute Gasteiger partial charge is 0.523 e. The zero-order valence-electron chi connectivity index (χ0n) is 9.68. The lowest BCUT2D eigenvalue weighted by Crippen LogP contribution is -2.33. The molecule has 0 fully saturated rings. The van der Waals surface area contributed by atoms with E-state index in [1.807, 2.05) is 12.1 Å². The molecule has 0 amide bonds. The third-order valence-electron chi connectivity index (χ3n) is 2.69. The van der Waals surface area contributed by atoms with Crippen LogP contribution in [0.4, 0.5) is 13.2 Å². The summed E-state index contributed by atoms with van der Waals surface area (Å²) < 4.78 is 67.0. The minimum absolute atomic E-state index is 0.407. The van der Waals surface area contributed by atoms with Gasteiger partial charge in [-0.25, -0.2) is 0 Å². The first-order valence-electron chi connectivity index (χ1n) is 5.50. The van der Waals surface area contributed by atoms with E-state index in [0.717, 1.165) is 5.56 Å². The molecule has 106 valence electrons. The molecule has 1 aromatic carbocycles. The molecule has 0 aliphatic carbocycles. The summed E-state index contributed by atoms with van der Waals surface area (Å²) in [6.07, 6.45) is 0.313. The molecule has 1 aliphatic rings. The quantitative estimate of drug-likeness (QED) is 0.634. The van der Waals surface area contributed by atoms with E-state index in [2.05, 4.69) is 4.18 Å². The predicted octanol–water partition coefficient (Wildman–Crippen LogP) is 2.25. The summed E-state index contributed by atoms with van der Waals surface area (Å²) in [5.41, 5.74) is -4.46. The van der Waals surface area contributed by atoms with Crippen LogP contribution >= 0.6 is 0 Å². The summed E-state index contributed by atoms with van der Waals surface area (Å²) >= 11 is 0. The zero-order chi connectivity index (χ0) is 14.1. The van der Waals surface area contributed by atoms with Gasteiger partial charge in [0.1, 0.15) is 18.5 Å². The van der Waals surface area contributed by atoms with Crippen molar-refractivity contribution >= 4 is 10.1 Å². The highest BCUT2D eigenvalue weighted by molar-refractivity contribution is 7.87. The van der Waals surface area contributed by atoms with Crippen LogP contribution in [0.15, 0.2) is 24.3 Å². The highest BCUT2D eigenvalue weighted by atomic mass is 32.2. The predicted molar refractivity (Wildman–Crippen MR) is 60.1 cm³/mol. The molecule has 1 unspecified atom stereocenters. The smallest absolute Gasteiger partial charge is 0.488 e. The first-order chi connectivity index (χ1) is 8.79. The number of ether oxygens (including phenoxy) is 1. The number of alkyl halides is 3. The first-order valence-corrected chi connectivity index (χ1v) is 6.91. The zero-order valence-corrected chi connectivity index (χ0v) is 10.5. The number of fused-ring (bicyclic) bond motifs is 1. The minimum atomic E-state index is -5.55. The maximum Gasteiger partial charge on any atom is 0.523 e. The topological polar surface area (TPSA) is 52.6 Å². The van der Waals surface area contributed by atoms with Gasteiger partial charge in [-0.1, -0.05) is 18.2 Å². The Bertz CT molecular complexity index is 553. The second kappa shape index (κ2) is 5.01. The Balaban J connectivity index is 1.97. The standard InChI is InChI=1S/C11H11F3O4S/c12-11(13,14)19(15,16)17-7-9-6-5-8-3-1-2-4-10(8)18-9/h1-4,9H,5-7H2. The van der Waals surface area contributed by atoms with Gasteiger partial charge < -0.3 is 4.74 Å². The van der Waals surface area contributed by atoms with E-state index in [-0.39, 0.29) is 0 Å². The Morgan fingerprint density at radius 2 is 2.00 bits per heavy atom. The number of halogens is 3. The molecule has 1 heterocycles. The number of aryl methyl sites for hydroxylation is 1. The Kier molecular flexibility index (Phi) is 3.73. The molecule has 1 aliphatic heterocycles. The second-order valence-electron chi connectivity index (χ2n) is 4.07. The lowest BCUT2D eigenvalue weighted by Gasteiger charge is -2.25. The molecule has 0 spiro atoms. The molecule has 1 aromatic rings. The van der Waals surface area contributed by atoms with Gasteiger partial charge in [-0.2, -0.15) is 21.6 Å². The van der Waals surface area contributed by atoms with Crippen LogP contribution in [-0.4, -0.2) is 26.6 Å². The van der Waals surface area contributed by atoms with E-state index in [4.69, 9.17) is 4.74 Å². The summed E-state index contributed by atoms with van der Waals surface area (Å²) in [6, 6.07) is 7.08. The third kappa shape index (κ3) is 3.19. The monoisotopic (exact) mass is 296 g/mol. The first kappa shape index (κ1) is 14.1. The molecule has 0 N–H and O–H groups in total. The fourth-order valence-electron chi connectivity index (χ4n) is 1.73. The van der Waals surface area contributed by atoms with Crippen LogP contribution in [0, 0.1) is 0 Å². The van der Waals surface area contributed by atoms with Gasteiger partial charge in [-0.3, -0.25) is 4.18 Å². The van der Waals surface area contributed by atoms with Crippen molar-refractivity contribution in [1.82, 2.24) is 0 Å². The fraction of sp³-hybridized carbons (Fsp3) is 0.455. The minimum Gasteiger partial charge on any atom is -0.488 e. The normalized spacial score (nSPS) is 19.6. The van der Waals surface area contributed by atoms with Gasteiger partial charge in [0.05, 0.1) is 0 Å². The van der Waals surface area contributed by atoms with Crippen molar-refractivity contribution in [3.05, 3.63) is 29.8 Å². The lowest BCUT2D eigenvalue weighted by atomic mass is 10.0. The molecule has 0 radical (unpaired) electrons. The maximum atomic E-state index is 12.1. The molecule has 4 nitrogen and oxygen atoms in total. The maximum absolute atomic E-state index is 12.1. The van der Waals surface area contributed by atoms with Crippen molar-refractivity contribution in [2.45, 2.75) is 24.5 Å². The van der Waals surface area contributed by atoms with Crippen molar-refractivity contribution in [1.29, 1.82) is 0 Å². The van der Waals surface area contributed by atoms with Gasteiger partial charge in [-0.05, 0) is 24.5 Å². The number of hydrogen-bond donors (Lipinski definition) is 0. The van der Waals surface area contributed by atoms with Crippen LogP contribution < -0.4 is 4.74 Å². The summed E-state index contributed by atoms with van der Waals surface area (Å²) in [5, 5.41) is 0. The van der Waals surface area contributed by atoms with Gasteiger partial charge in [0, 0.05) is 0 Å². The van der Waals surface area contributed by atoms with Crippen LogP contribution in [0.2, 0.25) is 0 Å². The van der Waals surface area contributed by atoms with E-state index in [9.17, 15) is 21.6 Å². The van der Waals surface area contributed by atoms with E-state index in [0.29, 0.717) is 18.6 Å². The van der Waals surface area contributed by atoms with E-state index < -0.39 is 28.3 Å². The van der Waals surface area contributed by atoms with Gasteiger partial charge in [0.25, 0.3) is 0 Å². The van der Waals surface area contributed by atoms with E-state index in [1.54, 1.807) is 12.1 Å². The van der Waals surface area contributed by atoms with Crippen molar-refractivity contribution in [2.75, 3.05) is 6.61 Å². The van der Waals surface area contributed by atoms with Crippen LogP contribution in [0.1, 0.15) is 12.0 Å². The van der Waals surface area contributed by atoms with Gasteiger partial charge in [0.2, 0.25) is 0 Å². The van der Waals surface area contributed by atoms with Crippen LogP contribution in [0.3, 0.4) is 0 Å². The van der Waals surface area contributed by atoms with Crippen LogP contribution in [-0.2, 0) is 20.7 Å². The number of benzene rings is 1. The van der Waals surface area contributed by atoms with Crippen molar-refractivity contribution in [2.24, 2.45) is 0 Å². The average molecular weight is 296 g/mol. The Labute approximate surface area is 108 Å². The summed E-state index contributed by atoms with van der Waals surface area (Å²) in [7, 11) is -5.55.